The maximum atomic E-state index is 11.9. The summed E-state index contributed by atoms with van der Waals surface area (Å²) in [4.78, 5) is 22.9. The van der Waals surface area contributed by atoms with E-state index >= 15 is 0 Å². The zero-order valence-corrected chi connectivity index (χ0v) is 11.9. The van der Waals surface area contributed by atoms with E-state index in [-0.39, 0.29) is 17.4 Å². The highest BCUT2D eigenvalue weighted by molar-refractivity contribution is 5.78. The summed E-state index contributed by atoms with van der Waals surface area (Å²) in [6.45, 7) is 4.82. The molecule has 0 bridgehead atoms. The van der Waals surface area contributed by atoms with Crippen molar-refractivity contribution in [2.24, 2.45) is 17.1 Å². The van der Waals surface area contributed by atoms with E-state index in [4.69, 9.17) is 10.8 Å². The molecule has 1 saturated carbocycles. The molecule has 0 radical (unpaired) electrons. The summed E-state index contributed by atoms with van der Waals surface area (Å²) < 4.78 is 0. The number of aliphatic carboxylic acids is 1. The zero-order chi connectivity index (χ0) is 14.5. The molecule has 0 heterocycles. The third-order valence-corrected chi connectivity index (χ3v) is 4.03. The molecule has 1 fully saturated rings. The molecule has 1 aliphatic rings. The summed E-state index contributed by atoms with van der Waals surface area (Å²) in [6, 6.07) is -0.192. The van der Waals surface area contributed by atoms with E-state index in [1.807, 2.05) is 0 Å². The average molecular weight is 270 g/mol. The number of carboxylic acids is 1. The van der Waals surface area contributed by atoms with Gasteiger partial charge in [0.15, 0.2) is 0 Å². The predicted octanol–water partition coefficient (Wildman–Crippen LogP) is 1.51. The number of amides is 1. The first-order valence-corrected chi connectivity index (χ1v) is 7.08. The van der Waals surface area contributed by atoms with Crippen LogP contribution in [0.2, 0.25) is 0 Å². The lowest BCUT2D eigenvalue weighted by atomic mass is 9.84. The first-order valence-electron chi connectivity index (χ1n) is 7.08. The molecule has 5 nitrogen and oxygen atoms in total. The minimum absolute atomic E-state index is 0.0387. The Morgan fingerprint density at radius 2 is 2.00 bits per heavy atom. The van der Waals surface area contributed by atoms with Crippen LogP contribution < -0.4 is 11.1 Å². The lowest BCUT2D eigenvalue weighted by molar-refractivity contribution is -0.142. The Bertz CT molecular complexity index is 329. The summed E-state index contributed by atoms with van der Waals surface area (Å²) in [7, 11) is 0. The third-order valence-electron chi connectivity index (χ3n) is 4.03. The second-order valence-electron chi connectivity index (χ2n) is 6.25. The van der Waals surface area contributed by atoms with E-state index in [9.17, 15) is 9.59 Å². The molecule has 0 saturated heterocycles. The lowest BCUT2D eigenvalue weighted by Gasteiger charge is -2.24. The molecule has 5 heteroatoms. The van der Waals surface area contributed by atoms with Crippen LogP contribution in [0.15, 0.2) is 0 Å². The molecule has 0 aromatic rings. The first-order chi connectivity index (χ1) is 8.85. The minimum atomic E-state index is -0.800. The van der Waals surface area contributed by atoms with Gasteiger partial charge in [0.2, 0.25) is 5.91 Å². The van der Waals surface area contributed by atoms with Crippen LogP contribution in [-0.4, -0.2) is 29.6 Å². The van der Waals surface area contributed by atoms with Gasteiger partial charge in [-0.25, -0.2) is 0 Å². The largest absolute Gasteiger partial charge is 0.481 e. The standard InChI is InChI=1S/C14H26N2O3/c1-14(2,8-9-15)7-6-12(17)16-11-5-3-4-10(11)13(18)19/h10-11H,3-9,15H2,1-2H3,(H,16,17)(H,18,19). The number of hydrogen-bond donors (Lipinski definition) is 3. The molecular formula is C14H26N2O3. The van der Waals surface area contributed by atoms with Crippen LogP contribution in [0, 0.1) is 11.3 Å². The Kier molecular flexibility index (Phi) is 5.79. The number of rotatable bonds is 7. The van der Waals surface area contributed by atoms with Gasteiger partial charge in [-0.05, 0) is 37.6 Å². The number of carbonyl (C=O) groups is 2. The number of hydrogen-bond acceptors (Lipinski definition) is 3. The Morgan fingerprint density at radius 1 is 1.32 bits per heavy atom. The van der Waals surface area contributed by atoms with Crippen molar-refractivity contribution < 1.29 is 14.7 Å². The third kappa shape index (κ3) is 5.19. The predicted molar refractivity (Wildman–Crippen MR) is 73.6 cm³/mol. The summed E-state index contributed by atoms with van der Waals surface area (Å²) >= 11 is 0. The van der Waals surface area contributed by atoms with Crippen molar-refractivity contribution in [1.29, 1.82) is 0 Å². The fourth-order valence-electron chi connectivity index (χ4n) is 2.67. The molecule has 0 spiro atoms. The van der Waals surface area contributed by atoms with Crippen LogP contribution in [0.1, 0.15) is 52.4 Å². The van der Waals surface area contributed by atoms with Gasteiger partial charge in [-0.15, -0.1) is 0 Å². The molecule has 19 heavy (non-hydrogen) atoms. The number of carbonyl (C=O) groups excluding carboxylic acids is 1. The van der Waals surface area contributed by atoms with E-state index in [1.165, 1.54) is 0 Å². The van der Waals surface area contributed by atoms with Gasteiger partial charge in [-0.1, -0.05) is 20.3 Å². The topological polar surface area (TPSA) is 92.4 Å². The maximum absolute atomic E-state index is 11.9. The SMILES string of the molecule is CC(C)(CCN)CCC(=O)NC1CCCC1C(=O)O. The van der Waals surface area contributed by atoms with Gasteiger partial charge in [0.1, 0.15) is 0 Å². The highest BCUT2D eigenvalue weighted by Gasteiger charge is 2.33. The van der Waals surface area contributed by atoms with Crippen molar-refractivity contribution >= 4 is 11.9 Å². The van der Waals surface area contributed by atoms with Gasteiger partial charge in [-0.3, -0.25) is 9.59 Å². The van der Waals surface area contributed by atoms with Crippen LogP contribution in [-0.2, 0) is 9.59 Å². The minimum Gasteiger partial charge on any atom is -0.481 e. The number of nitrogens with one attached hydrogen (secondary N) is 1. The second kappa shape index (κ2) is 6.89. The van der Waals surface area contributed by atoms with Crippen molar-refractivity contribution in [2.45, 2.75) is 58.4 Å². The number of nitrogens with two attached hydrogens (primary N) is 1. The van der Waals surface area contributed by atoms with E-state index in [0.717, 1.165) is 25.7 Å². The van der Waals surface area contributed by atoms with Gasteiger partial charge in [0, 0.05) is 12.5 Å². The van der Waals surface area contributed by atoms with Gasteiger partial charge < -0.3 is 16.2 Å². The Morgan fingerprint density at radius 3 is 2.58 bits per heavy atom. The van der Waals surface area contributed by atoms with Gasteiger partial charge in [0.25, 0.3) is 0 Å². The number of carboxylic acid groups (broad SMARTS) is 1. The van der Waals surface area contributed by atoms with Crippen molar-refractivity contribution in [3.63, 3.8) is 0 Å². The van der Waals surface area contributed by atoms with E-state index in [1.54, 1.807) is 0 Å². The highest BCUT2D eigenvalue weighted by atomic mass is 16.4. The molecule has 2 unspecified atom stereocenters. The zero-order valence-electron chi connectivity index (χ0n) is 11.9. The van der Waals surface area contributed by atoms with Crippen LogP contribution >= 0.6 is 0 Å². The molecule has 2 atom stereocenters. The Labute approximate surface area is 114 Å². The molecule has 0 aromatic carbocycles. The van der Waals surface area contributed by atoms with Crippen molar-refractivity contribution in [3.05, 3.63) is 0 Å². The molecule has 4 N–H and O–H groups in total. The van der Waals surface area contributed by atoms with Crippen molar-refractivity contribution in [3.8, 4) is 0 Å². The van der Waals surface area contributed by atoms with Crippen LogP contribution in [0.4, 0.5) is 0 Å². The highest BCUT2D eigenvalue weighted by Crippen LogP contribution is 2.28. The van der Waals surface area contributed by atoms with Gasteiger partial charge >= 0.3 is 5.97 Å². The summed E-state index contributed by atoms with van der Waals surface area (Å²) in [6.07, 6.45) is 4.42. The molecular weight excluding hydrogens is 244 g/mol. The fraction of sp³-hybridized carbons (Fsp3) is 0.857. The van der Waals surface area contributed by atoms with Gasteiger partial charge in [-0.2, -0.15) is 0 Å². The normalized spacial score (nSPS) is 23.3. The maximum Gasteiger partial charge on any atom is 0.308 e. The molecule has 1 rings (SSSR count). The van der Waals surface area contributed by atoms with E-state index in [2.05, 4.69) is 19.2 Å². The van der Waals surface area contributed by atoms with Crippen LogP contribution in [0.25, 0.3) is 0 Å². The van der Waals surface area contributed by atoms with E-state index in [0.29, 0.717) is 19.4 Å². The fourth-order valence-corrected chi connectivity index (χ4v) is 2.67. The van der Waals surface area contributed by atoms with Crippen molar-refractivity contribution in [1.82, 2.24) is 5.32 Å². The average Bonchev–Trinajstić information content (AvgIpc) is 2.75. The molecule has 1 aliphatic carbocycles. The summed E-state index contributed by atoms with van der Waals surface area (Å²) in [5, 5.41) is 11.9. The molecule has 0 aliphatic heterocycles. The monoisotopic (exact) mass is 270 g/mol. The van der Waals surface area contributed by atoms with Crippen LogP contribution in [0.3, 0.4) is 0 Å². The quantitative estimate of drug-likeness (QED) is 0.654. The first kappa shape index (κ1) is 16.0. The van der Waals surface area contributed by atoms with Gasteiger partial charge in [0.05, 0.1) is 5.92 Å². The molecule has 1 amide bonds. The smallest absolute Gasteiger partial charge is 0.308 e. The molecule has 0 aromatic heterocycles. The van der Waals surface area contributed by atoms with E-state index < -0.39 is 11.9 Å². The summed E-state index contributed by atoms with van der Waals surface area (Å²) in [5.74, 6) is -1.25. The van der Waals surface area contributed by atoms with Crippen LogP contribution in [0.5, 0.6) is 0 Å². The Balaban J connectivity index is 2.37. The second-order valence-corrected chi connectivity index (χ2v) is 6.25. The lowest BCUT2D eigenvalue weighted by Crippen LogP contribution is -2.40. The molecule has 110 valence electrons. The van der Waals surface area contributed by atoms with Crippen molar-refractivity contribution in [2.75, 3.05) is 6.54 Å². The summed E-state index contributed by atoms with van der Waals surface area (Å²) in [5.41, 5.74) is 5.60. The Hall–Kier alpha value is -1.10.